The molecule has 0 saturated carbocycles. The van der Waals surface area contributed by atoms with Crippen LogP contribution in [0.4, 0.5) is 16.8 Å². The Morgan fingerprint density at radius 3 is 2.75 bits per heavy atom. The number of rotatable bonds is 7. The van der Waals surface area contributed by atoms with E-state index in [0.29, 0.717) is 11.0 Å². The number of aromatic nitrogens is 6. The molecule has 4 aromatic heterocycles. The number of nitrogens with zero attached hydrogens (tertiary/aromatic N) is 6. The number of methoxy groups -OCH3 is 2. The van der Waals surface area contributed by atoms with Crippen molar-refractivity contribution >= 4 is 34.0 Å². The van der Waals surface area contributed by atoms with Gasteiger partial charge in [-0.3, -0.25) is 10.1 Å². The van der Waals surface area contributed by atoms with Gasteiger partial charge < -0.3 is 19.2 Å². The highest BCUT2D eigenvalue weighted by Crippen LogP contribution is 2.26. The Morgan fingerprint density at radius 2 is 2.03 bits per heavy atom. The van der Waals surface area contributed by atoms with Crippen LogP contribution in [0.1, 0.15) is 16.2 Å². The van der Waals surface area contributed by atoms with Crippen LogP contribution >= 0.6 is 11.3 Å². The molecule has 4 rings (SSSR count). The molecule has 0 saturated heterocycles. The molecule has 2 N–H and O–H groups in total. The number of hydrogen-bond acceptors (Lipinski definition) is 12. The van der Waals surface area contributed by atoms with Gasteiger partial charge in [-0.1, -0.05) is 11.3 Å². The van der Waals surface area contributed by atoms with Gasteiger partial charge in [0.15, 0.2) is 5.76 Å². The fourth-order valence-corrected chi connectivity index (χ4v) is 3.35. The summed E-state index contributed by atoms with van der Waals surface area (Å²) < 4.78 is 16.8. The van der Waals surface area contributed by atoms with E-state index < -0.39 is 11.5 Å². The van der Waals surface area contributed by atoms with Gasteiger partial charge in [-0.15, -0.1) is 10.2 Å². The van der Waals surface area contributed by atoms with Crippen LogP contribution in [0, 0.1) is 6.92 Å². The number of amides is 1. The molecule has 0 bridgehead atoms. The summed E-state index contributed by atoms with van der Waals surface area (Å²) in [6.07, 6.45) is 3.09. The van der Waals surface area contributed by atoms with Crippen molar-refractivity contribution in [2.75, 3.05) is 24.9 Å². The van der Waals surface area contributed by atoms with Gasteiger partial charge in [-0.25, -0.2) is 14.5 Å². The maximum Gasteiger partial charge on any atom is 0.381 e. The predicted octanol–water partition coefficient (Wildman–Crippen LogP) is 1.79. The number of ether oxygens (including phenoxy) is 2. The highest BCUT2D eigenvalue weighted by atomic mass is 32.1. The fraction of sp³-hybridized carbons (Fsp3) is 0.167. The van der Waals surface area contributed by atoms with E-state index in [1.165, 1.54) is 26.5 Å². The molecule has 1 amide bonds. The lowest BCUT2D eigenvalue weighted by Gasteiger charge is -2.10. The number of aryl methyl sites for hydroxylation is 1. The van der Waals surface area contributed by atoms with E-state index in [2.05, 4.69) is 35.9 Å². The predicted molar refractivity (Wildman–Crippen MR) is 113 cm³/mol. The highest BCUT2D eigenvalue weighted by molar-refractivity contribution is 7.17. The lowest BCUT2D eigenvalue weighted by atomic mass is 10.3. The Labute approximate surface area is 184 Å². The SMILES string of the molecule is COc1ccnc(Nc2cc(C(=O)Nc3nnc(-n4nccc4C)s3)oc(=O)c2OC)n1. The lowest BCUT2D eigenvalue weighted by Crippen LogP contribution is -2.17. The molecule has 0 radical (unpaired) electrons. The molecule has 164 valence electrons. The summed E-state index contributed by atoms with van der Waals surface area (Å²) in [5.41, 5.74) is 0.124. The zero-order valence-corrected chi connectivity index (χ0v) is 17.8. The molecule has 4 heterocycles. The smallest absolute Gasteiger partial charge is 0.381 e. The summed E-state index contributed by atoms with van der Waals surface area (Å²) in [5, 5.41) is 18.1. The quantitative estimate of drug-likeness (QED) is 0.417. The van der Waals surface area contributed by atoms with Gasteiger partial charge in [0.25, 0.3) is 5.91 Å². The Hall–Kier alpha value is -4.33. The summed E-state index contributed by atoms with van der Waals surface area (Å²) in [4.78, 5) is 33.2. The number of carbonyl (C=O) groups excluding carboxylic acids is 1. The Kier molecular flexibility index (Phi) is 5.76. The molecule has 13 nitrogen and oxygen atoms in total. The number of anilines is 3. The first-order chi connectivity index (χ1) is 15.5. The normalized spacial score (nSPS) is 10.6. The van der Waals surface area contributed by atoms with Crippen LogP contribution in [0.15, 0.2) is 39.8 Å². The largest absolute Gasteiger partial charge is 0.488 e. The summed E-state index contributed by atoms with van der Waals surface area (Å²) >= 11 is 1.10. The topological polar surface area (TPSA) is 159 Å². The maximum atomic E-state index is 12.7. The summed E-state index contributed by atoms with van der Waals surface area (Å²) in [5.74, 6) is -0.711. The highest BCUT2D eigenvalue weighted by Gasteiger charge is 2.20. The van der Waals surface area contributed by atoms with E-state index in [4.69, 9.17) is 13.9 Å². The molecular formula is C18H16N8O5S. The van der Waals surface area contributed by atoms with Gasteiger partial charge in [0.2, 0.25) is 27.8 Å². The van der Waals surface area contributed by atoms with Crippen LogP contribution in [-0.2, 0) is 0 Å². The average molecular weight is 456 g/mol. The molecule has 0 aliphatic carbocycles. The average Bonchev–Trinajstić information content (AvgIpc) is 3.42. The van der Waals surface area contributed by atoms with Crippen molar-refractivity contribution in [1.82, 2.24) is 29.9 Å². The van der Waals surface area contributed by atoms with Crippen molar-refractivity contribution in [2.24, 2.45) is 0 Å². The van der Waals surface area contributed by atoms with Gasteiger partial charge in [0, 0.05) is 30.2 Å². The molecule has 0 aliphatic rings. The molecule has 0 spiro atoms. The zero-order valence-electron chi connectivity index (χ0n) is 17.0. The van der Waals surface area contributed by atoms with Gasteiger partial charge in [0.05, 0.1) is 19.9 Å². The molecule has 0 atom stereocenters. The van der Waals surface area contributed by atoms with Crippen LogP contribution in [-0.4, -0.2) is 50.1 Å². The second-order valence-corrected chi connectivity index (χ2v) is 7.08. The molecular weight excluding hydrogens is 440 g/mol. The summed E-state index contributed by atoms with van der Waals surface area (Å²) in [6.45, 7) is 1.86. The molecule has 14 heteroatoms. The van der Waals surface area contributed by atoms with E-state index in [0.717, 1.165) is 17.0 Å². The van der Waals surface area contributed by atoms with Crippen LogP contribution in [0.2, 0.25) is 0 Å². The van der Waals surface area contributed by atoms with Crippen LogP contribution in [0.5, 0.6) is 11.6 Å². The molecule has 0 fully saturated rings. The van der Waals surface area contributed by atoms with Gasteiger partial charge >= 0.3 is 5.63 Å². The van der Waals surface area contributed by atoms with Crippen molar-refractivity contribution in [1.29, 1.82) is 0 Å². The minimum absolute atomic E-state index is 0.128. The third kappa shape index (κ3) is 4.24. The zero-order chi connectivity index (χ0) is 22.7. The number of nitrogens with one attached hydrogen (secondary N) is 2. The minimum Gasteiger partial charge on any atom is -0.488 e. The van der Waals surface area contributed by atoms with Gasteiger partial charge in [-0.2, -0.15) is 10.1 Å². The first-order valence-electron chi connectivity index (χ1n) is 9.00. The molecule has 4 aromatic rings. The van der Waals surface area contributed by atoms with E-state index in [1.807, 2.05) is 13.0 Å². The van der Waals surface area contributed by atoms with Crippen molar-refractivity contribution in [3.63, 3.8) is 0 Å². The Bertz CT molecular complexity index is 1330. The van der Waals surface area contributed by atoms with E-state index in [1.54, 1.807) is 16.9 Å². The second kappa shape index (κ2) is 8.81. The Balaban J connectivity index is 1.59. The van der Waals surface area contributed by atoms with Crippen LogP contribution in [0.3, 0.4) is 0 Å². The van der Waals surface area contributed by atoms with Crippen LogP contribution < -0.4 is 25.7 Å². The molecule has 0 unspecified atom stereocenters. The minimum atomic E-state index is -0.865. The molecule has 0 aliphatic heterocycles. The Morgan fingerprint density at radius 1 is 1.19 bits per heavy atom. The standard InChI is InChI=1S/C18H16N8O5S/c1-9-4-7-20-26(9)18-25-24-17(32-18)23-14(27)11-8-10(13(30-3)15(28)31-11)21-16-19-6-5-12(22-16)29-2/h4-8H,1-3H3,(H,19,21,22)(H,23,24,27). The third-order valence-electron chi connectivity index (χ3n) is 4.07. The first-order valence-corrected chi connectivity index (χ1v) is 9.82. The number of carbonyl (C=O) groups is 1. The third-order valence-corrected chi connectivity index (χ3v) is 4.88. The number of hydrogen-bond donors (Lipinski definition) is 2. The van der Waals surface area contributed by atoms with Gasteiger partial charge in [-0.05, 0) is 13.0 Å². The maximum absolute atomic E-state index is 12.7. The van der Waals surface area contributed by atoms with Crippen molar-refractivity contribution in [2.45, 2.75) is 6.92 Å². The second-order valence-electron chi connectivity index (χ2n) is 6.12. The monoisotopic (exact) mass is 456 g/mol. The van der Waals surface area contributed by atoms with Crippen molar-refractivity contribution in [3.8, 4) is 16.8 Å². The summed E-state index contributed by atoms with van der Waals surface area (Å²) in [7, 11) is 2.75. The van der Waals surface area contributed by atoms with Crippen molar-refractivity contribution < 1.29 is 18.7 Å². The van der Waals surface area contributed by atoms with E-state index in [9.17, 15) is 9.59 Å². The van der Waals surface area contributed by atoms with Gasteiger partial charge in [0.1, 0.15) is 0 Å². The van der Waals surface area contributed by atoms with Crippen LogP contribution in [0.25, 0.3) is 5.13 Å². The van der Waals surface area contributed by atoms with E-state index >= 15 is 0 Å². The molecule has 32 heavy (non-hydrogen) atoms. The first kappa shape index (κ1) is 20.9. The summed E-state index contributed by atoms with van der Waals surface area (Å²) in [6, 6.07) is 4.66. The van der Waals surface area contributed by atoms with Crippen molar-refractivity contribution in [3.05, 3.63) is 52.5 Å². The lowest BCUT2D eigenvalue weighted by molar-refractivity contribution is 0.0991. The fourth-order valence-electron chi connectivity index (χ4n) is 2.60. The molecule has 0 aromatic carbocycles. The van der Waals surface area contributed by atoms with E-state index in [-0.39, 0.29) is 28.3 Å².